The summed E-state index contributed by atoms with van der Waals surface area (Å²) in [4.78, 5) is 98.0. The van der Waals surface area contributed by atoms with E-state index < -0.39 is 0 Å². The van der Waals surface area contributed by atoms with E-state index in [0.29, 0.717) is 49.7 Å². The van der Waals surface area contributed by atoms with E-state index in [1.165, 1.54) is 57.8 Å². The Bertz CT molecular complexity index is 4320. The van der Waals surface area contributed by atoms with E-state index in [4.69, 9.17) is 64.1 Å². The fourth-order valence-corrected chi connectivity index (χ4v) is 24.9. The van der Waals surface area contributed by atoms with Crippen molar-refractivity contribution in [1.82, 2.24) is 70.1 Å². The number of piperidine rings is 5. The van der Waals surface area contributed by atoms with Crippen LogP contribution in [0.2, 0.25) is 0 Å². The largest absolute Gasteiger partial charge is 0.356 e. The van der Waals surface area contributed by atoms with Crippen LogP contribution in [0.4, 0.5) is 47.3 Å². The van der Waals surface area contributed by atoms with Crippen LogP contribution in [0.1, 0.15) is 476 Å². The van der Waals surface area contributed by atoms with Gasteiger partial charge in [-0.05, 0) is 339 Å². The van der Waals surface area contributed by atoms with Crippen LogP contribution in [0.3, 0.4) is 0 Å². The molecule has 0 N–H and O–H groups in total. The molecule has 3 aromatic heterocycles. The molecular weight excluding hydrogens is 1830 g/mol. The fraction of sp³-hybridized carbons (Fsp3) is 0.850. The summed E-state index contributed by atoms with van der Waals surface area (Å²) in [6.45, 7) is 97.6. The normalized spacial score (nSPS) is 19.4. The second-order valence-electron chi connectivity index (χ2n) is 50.0. The zero-order chi connectivity index (χ0) is 109. The molecule has 0 bridgehead atoms. The number of nitrogens with zero attached hydrogens (tertiary/aromatic N) is 22. The lowest BCUT2D eigenvalue weighted by Crippen LogP contribution is -2.64. The maximum absolute atomic E-state index is 6.60. The van der Waals surface area contributed by atoms with Crippen LogP contribution in [-0.2, 0) is 24.2 Å². The average molecular weight is 2070 g/mol. The van der Waals surface area contributed by atoms with Crippen LogP contribution >= 0.6 is 0 Å². The molecule has 0 radical (unpaired) electrons. The van der Waals surface area contributed by atoms with Crippen LogP contribution in [0, 0.1) is 6.92 Å². The predicted molar refractivity (Wildman–Crippen MR) is 637 cm³/mol. The minimum Gasteiger partial charge on any atom is -0.356 e. The minimum absolute atomic E-state index is 0. The van der Waals surface area contributed by atoms with Gasteiger partial charge in [0.2, 0.25) is 35.7 Å². The van der Waals surface area contributed by atoms with E-state index >= 15 is 0 Å². The average Bonchev–Trinajstić information content (AvgIpc) is 0.765. The zero-order valence-corrected chi connectivity index (χ0v) is 101. The third kappa shape index (κ3) is 37.5. The summed E-state index contributed by atoms with van der Waals surface area (Å²) in [6.07, 6.45) is 42.6. The first kappa shape index (κ1) is 128. The monoisotopic (exact) mass is 2070 g/mol. The topological polar surface area (TPSA) is 195 Å². The second kappa shape index (κ2) is 60.5. The molecule has 0 atom stereocenters. The maximum atomic E-state index is 6.60. The van der Waals surface area contributed by atoms with Crippen LogP contribution < -0.4 is 39.2 Å². The molecule has 27 heteroatoms. The van der Waals surface area contributed by atoms with Crippen molar-refractivity contribution < 1.29 is 35.6 Å². The summed E-state index contributed by atoms with van der Waals surface area (Å²) in [6, 6.07) is 3.78. The highest BCUT2D eigenvalue weighted by Gasteiger charge is 2.55. The lowest BCUT2D eigenvalue weighted by molar-refractivity contribution is -0.287. The van der Waals surface area contributed by atoms with Gasteiger partial charge in [0, 0.05) is 169 Å². The van der Waals surface area contributed by atoms with Gasteiger partial charge in [0.15, 0.2) is 0 Å². The zero-order valence-electron chi connectivity index (χ0n) is 101. The van der Waals surface area contributed by atoms with Crippen molar-refractivity contribution in [2.45, 2.75) is 552 Å². The van der Waals surface area contributed by atoms with Gasteiger partial charge < -0.3 is 39.2 Å². The van der Waals surface area contributed by atoms with E-state index in [1.54, 1.807) is 17.3 Å². The van der Waals surface area contributed by atoms with Gasteiger partial charge in [0.25, 0.3) is 0 Å². The summed E-state index contributed by atoms with van der Waals surface area (Å²) >= 11 is 0. The van der Waals surface area contributed by atoms with Gasteiger partial charge in [-0.25, -0.2) is 0 Å². The molecule has 0 saturated carbocycles. The molecule has 5 aliphatic rings. The minimum atomic E-state index is -0.271. The van der Waals surface area contributed by atoms with Crippen LogP contribution in [0.5, 0.6) is 0 Å². The predicted octanol–water partition coefficient (Wildman–Crippen LogP) is 29.3. The van der Waals surface area contributed by atoms with E-state index in [9.17, 15) is 0 Å². The van der Waals surface area contributed by atoms with Crippen molar-refractivity contribution in [1.29, 1.82) is 0 Å². The Kier molecular flexibility index (Phi) is 52.5. The highest BCUT2D eigenvalue weighted by molar-refractivity contribution is 5.57. The molecule has 3 aromatic rings. The number of hydrogen-bond acceptors (Lipinski definition) is 27. The molecular formula is C120H236N22O5. The van der Waals surface area contributed by atoms with Crippen molar-refractivity contribution in [3.8, 4) is 0 Å². The van der Waals surface area contributed by atoms with Gasteiger partial charge in [-0.1, -0.05) is 177 Å². The third-order valence-electron chi connectivity index (χ3n) is 30.8. The summed E-state index contributed by atoms with van der Waals surface area (Å²) in [5, 5.41) is 11.5. The number of hydrogen-bond donors (Lipinski definition) is 0. The fourth-order valence-electron chi connectivity index (χ4n) is 24.9. The highest BCUT2D eigenvalue weighted by Crippen LogP contribution is 2.49. The van der Waals surface area contributed by atoms with Crippen molar-refractivity contribution in [3.05, 3.63) is 60.4 Å². The molecule has 0 aliphatic carbocycles. The summed E-state index contributed by atoms with van der Waals surface area (Å²) in [7, 11) is 2.36. The maximum Gasteiger partial charge on any atom is 0.241 e. The Labute approximate surface area is 911 Å². The lowest BCUT2D eigenvalue weighted by atomic mass is 9.78. The number of aryl methyl sites for hydroxylation is 1. The van der Waals surface area contributed by atoms with Crippen molar-refractivity contribution in [2.24, 2.45) is 0 Å². The molecule has 0 spiro atoms. The Morgan fingerprint density at radius 2 is 0.510 bits per heavy atom. The Hall–Kier alpha value is -6.34. The van der Waals surface area contributed by atoms with Gasteiger partial charge in [-0.3, -0.25) is 29.1 Å². The third-order valence-corrected chi connectivity index (χ3v) is 30.8. The number of anilines is 8. The number of hydroxylamine groups is 10. The molecule has 856 valence electrons. The van der Waals surface area contributed by atoms with Crippen LogP contribution in [0.15, 0.2) is 54.5 Å². The molecule has 5 saturated heterocycles. The van der Waals surface area contributed by atoms with E-state index in [2.05, 4.69) is 342 Å². The summed E-state index contributed by atoms with van der Waals surface area (Å²) in [5.41, 5.74) is 9.99. The highest BCUT2D eigenvalue weighted by atomic mass is 16.7. The molecule has 0 amide bonds. The molecule has 5 aliphatic heterocycles. The van der Waals surface area contributed by atoms with Gasteiger partial charge in [-0.15, -0.1) is 0 Å². The smallest absolute Gasteiger partial charge is 0.241 e. The first-order valence-corrected chi connectivity index (χ1v) is 59.2. The second-order valence-corrected chi connectivity index (χ2v) is 50.0. The van der Waals surface area contributed by atoms with Crippen LogP contribution in [0.25, 0.3) is 0 Å². The standard InChI is InChI=1S/C69H120N14O3.C51H100N8O2.8H2/c1-22-30-39-76(40-31-23-2)59-72-60(77(41-32-24-3)42-33-25-4)74-63(73-59)80(58-53-68(18,19)83(86-48-29-8)69(20,21)54-58)45-38-36-35-37-44-79(57-51-66(14,15)82(85-47-28-7)67(16,17)52-57)62-71-55(9)70-61(75-62)78(43-34-26-5)56-49-64(10,11)81(84-46-27-6)65(12,13)50-56;1-16-22-31-55(32-23-17-2)45-38-46(53-47(52-45)56(33-24-18-3)34-25-19-4)57(44-41-50(11,12)59(61-37-21-6)51(13,14)42-44)35-29-27-26-28-30-54(15)43-39-48(7,8)58(60-36-20-5)49(9,10)40-43;;;;;;;;/h39-40,56-58H,1-2,24-29,32-38,41-54H2,3-21H3;38,43-44H,16-37,39-42H2,1-15H3;8*1H. The first-order chi connectivity index (χ1) is 69.6. The van der Waals surface area contributed by atoms with Gasteiger partial charge in [0.05, 0.1) is 45.4 Å². The SMILES string of the molecule is C=C=C=CN(C=C=C=C)c1nc(N(CCCC)CCCC)nc(N(CCCCCCN(c2nc(C)nc(N(CCCC)C3CC(C)(C)N(OCCC)C(C)(C)C3)n2)C2CC(C)(C)N(OCCC)C(C)(C)C2)C2CC(C)(C)N(OCCC)C(C)(C)C2)n1.CCCCN(CCCC)c1cc(N(CCCCCCN(C)C2CC(C)(C)N(OCCC)C(C)(C)C2)C2CC(C)(C)N(OCCC)C(C)(C)C2)nc(N(CCCC)CCCC)n1.[HH].[HH].[HH].[HH].[HH].[HH].[HH].[HH]. The number of unbranched alkanes of at least 4 members (excludes halogenated alkanes) is 13. The van der Waals surface area contributed by atoms with Crippen molar-refractivity contribution in [2.75, 3.05) is 151 Å². The molecule has 147 heavy (non-hydrogen) atoms. The summed E-state index contributed by atoms with van der Waals surface area (Å²) < 4.78 is 0. The van der Waals surface area contributed by atoms with Crippen molar-refractivity contribution >= 4 is 47.3 Å². The Balaban J connectivity index is 0. The summed E-state index contributed by atoms with van der Waals surface area (Å²) in [5.74, 6) is 7.29. The molecule has 8 heterocycles. The number of rotatable bonds is 65. The molecule has 8 rings (SSSR count). The first-order valence-electron chi connectivity index (χ1n) is 59.2. The van der Waals surface area contributed by atoms with E-state index in [0.717, 1.165) is 300 Å². The quantitative estimate of drug-likeness (QED) is 0.0382. The van der Waals surface area contributed by atoms with Gasteiger partial charge in [0.1, 0.15) is 17.5 Å². The van der Waals surface area contributed by atoms with Crippen LogP contribution in [-0.4, -0.2) is 268 Å². The Morgan fingerprint density at radius 3 is 0.810 bits per heavy atom. The molecule has 0 unspecified atom stereocenters. The lowest BCUT2D eigenvalue weighted by Gasteiger charge is -2.56. The van der Waals surface area contributed by atoms with E-state index in [-0.39, 0.29) is 84.9 Å². The van der Waals surface area contributed by atoms with Gasteiger partial charge >= 0.3 is 0 Å². The van der Waals surface area contributed by atoms with Gasteiger partial charge in [-0.2, -0.15) is 65.2 Å². The van der Waals surface area contributed by atoms with Crippen molar-refractivity contribution in [3.63, 3.8) is 0 Å². The molecule has 5 fully saturated rings. The Morgan fingerprint density at radius 1 is 0.279 bits per heavy atom. The molecule has 27 nitrogen and oxygen atoms in total. The number of aromatic nitrogens is 8. The van der Waals surface area contributed by atoms with E-state index in [1.807, 2.05) is 0 Å². The molecule has 0 aromatic carbocycles.